The average Bonchev–Trinajstić information content (AvgIpc) is 3.09. The Kier molecular flexibility index (Phi) is 5.83. The normalized spacial score (nSPS) is 17.7. The van der Waals surface area contributed by atoms with Gasteiger partial charge in [0.15, 0.2) is 11.5 Å². The Morgan fingerprint density at radius 3 is 2.55 bits per heavy atom. The zero-order valence-electron chi connectivity index (χ0n) is 18.5. The summed E-state index contributed by atoms with van der Waals surface area (Å²) in [6.07, 6.45) is 0. The Hall–Kier alpha value is -2.74. The number of fused-ring (bicyclic) bond motifs is 3. The molecule has 1 N–H and O–H groups in total. The van der Waals surface area contributed by atoms with Gasteiger partial charge >= 0.3 is 0 Å². The summed E-state index contributed by atoms with van der Waals surface area (Å²) in [5, 5.41) is 13.2. The first-order valence-corrected chi connectivity index (χ1v) is 10.6. The zero-order valence-corrected chi connectivity index (χ0v) is 19.2. The Morgan fingerprint density at radius 2 is 1.87 bits per heavy atom. The molecule has 0 spiro atoms. The molecule has 7 nitrogen and oxygen atoms in total. The third-order valence-corrected chi connectivity index (χ3v) is 5.69. The molecule has 3 aromatic rings. The van der Waals surface area contributed by atoms with Gasteiger partial charge in [-0.15, -0.1) is 10.2 Å². The summed E-state index contributed by atoms with van der Waals surface area (Å²) in [4.78, 5) is 7.37. The predicted molar refractivity (Wildman–Crippen MR) is 124 cm³/mol. The lowest BCUT2D eigenvalue weighted by Crippen LogP contribution is -2.43. The number of rotatable bonds is 6. The summed E-state index contributed by atoms with van der Waals surface area (Å²) < 4.78 is 7.60. The van der Waals surface area contributed by atoms with Crippen molar-refractivity contribution in [3.05, 3.63) is 70.3 Å². The van der Waals surface area contributed by atoms with Gasteiger partial charge < -0.3 is 9.64 Å². The molecule has 1 aliphatic rings. The number of aromatic nitrogens is 3. The lowest BCUT2D eigenvalue weighted by atomic mass is 10.00. The molecular formula is C23H27ClN6O. The van der Waals surface area contributed by atoms with E-state index in [0.717, 1.165) is 53.0 Å². The second kappa shape index (κ2) is 8.42. The van der Waals surface area contributed by atoms with Crippen LogP contribution >= 0.6 is 11.6 Å². The van der Waals surface area contributed by atoms with Crippen molar-refractivity contribution in [2.75, 3.05) is 34.3 Å². The fourth-order valence-electron chi connectivity index (χ4n) is 3.80. The molecule has 0 aliphatic carbocycles. The number of ether oxygens (including phenoxy) is 1. The molecule has 2 aromatic carbocycles. The van der Waals surface area contributed by atoms with E-state index in [0.29, 0.717) is 5.02 Å². The first-order valence-electron chi connectivity index (χ1n) is 10.2. The SMILES string of the molecule is COc1ccc2c(c1)C(c1ccc(Cl)cc1)=NC(C)(NCCN(C)C)c1nnc(C)n1-2. The second-order valence-electron chi connectivity index (χ2n) is 8.06. The van der Waals surface area contributed by atoms with Gasteiger partial charge in [-0.25, -0.2) is 0 Å². The molecule has 0 radical (unpaired) electrons. The van der Waals surface area contributed by atoms with Crippen molar-refractivity contribution in [2.24, 2.45) is 4.99 Å². The van der Waals surface area contributed by atoms with Crippen molar-refractivity contribution in [1.29, 1.82) is 0 Å². The Morgan fingerprint density at radius 1 is 1.13 bits per heavy atom. The summed E-state index contributed by atoms with van der Waals surface area (Å²) in [7, 11) is 5.77. The van der Waals surface area contributed by atoms with E-state index >= 15 is 0 Å². The number of halogens is 1. The molecule has 31 heavy (non-hydrogen) atoms. The van der Waals surface area contributed by atoms with Crippen LogP contribution in [0.4, 0.5) is 0 Å². The maximum absolute atomic E-state index is 6.16. The summed E-state index contributed by atoms with van der Waals surface area (Å²) >= 11 is 6.16. The number of nitrogens with zero attached hydrogens (tertiary/aromatic N) is 5. The van der Waals surface area contributed by atoms with Gasteiger partial charge in [-0.1, -0.05) is 23.7 Å². The molecule has 0 fully saturated rings. The maximum atomic E-state index is 6.16. The zero-order chi connectivity index (χ0) is 22.2. The number of methoxy groups -OCH3 is 1. The van der Waals surface area contributed by atoms with Crippen molar-refractivity contribution < 1.29 is 4.74 Å². The van der Waals surface area contributed by atoms with E-state index in [1.807, 2.05) is 70.4 Å². The molecule has 0 saturated carbocycles. The molecule has 0 saturated heterocycles. The summed E-state index contributed by atoms with van der Waals surface area (Å²) in [6, 6.07) is 13.7. The molecule has 162 valence electrons. The number of aliphatic imine (C=N–C) groups is 1. The Balaban J connectivity index is 1.96. The number of benzene rings is 2. The minimum absolute atomic E-state index is 0.684. The number of nitrogens with one attached hydrogen (secondary N) is 1. The van der Waals surface area contributed by atoms with Crippen molar-refractivity contribution >= 4 is 17.3 Å². The fraction of sp³-hybridized carbons (Fsp3) is 0.348. The minimum Gasteiger partial charge on any atom is -0.497 e. The lowest BCUT2D eigenvalue weighted by molar-refractivity contribution is 0.320. The van der Waals surface area contributed by atoms with Crippen molar-refractivity contribution in [1.82, 2.24) is 25.0 Å². The fourth-order valence-corrected chi connectivity index (χ4v) is 3.92. The molecule has 2 heterocycles. The highest BCUT2D eigenvalue weighted by Crippen LogP contribution is 2.34. The van der Waals surface area contributed by atoms with Crippen molar-refractivity contribution in [2.45, 2.75) is 19.5 Å². The first kappa shape index (κ1) is 21.5. The predicted octanol–water partition coefficient (Wildman–Crippen LogP) is 3.41. The van der Waals surface area contributed by atoms with Gasteiger partial charge in [-0.3, -0.25) is 14.9 Å². The minimum atomic E-state index is -0.779. The van der Waals surface area contributed by atoms with E-state index in [1.54, 1.807) is 7.11 Å². The highest BCUT2D eigenvalue weighted by Gasteiger charge is 2.37. The van der Waals surface area contributed by atoms with Crippen LogP contribution in [-0.4, -0.2) is 59.7 Å². The van der Waals surface area contributed by atoms with E-state index < -0.39 is 5.66 Å². The van der Waals surface area contributed by atoms with Gasteiger partial charge in [0.25, 0.3) is 0 Å². The van der Waals surface area contributed by atoms with Gasteiger partial charge in [0.2, 0.25) is 0 Å². The van der Waals surface area contributed by atoms with Crippen LogP contribution in [0.25, 0.3) is 5.69 Å². The first-order chi connectivity index (χ1) is 14.8. The Bertz CT molecular complexity index is 1120. The maximum Gasteiger partial charge on any atom is 0.180 e. The van der Waals surface area contributed by atoms with Gasteiger partial charge in [0.05, 0.1) is 18.5 Å². The quantitative estimate of drug-likeness (QED) is 0.638. The molecule has 0 amide bonds. The number of hydrogen-bond acceptors (Lipinski definition) is 6. The molecule has 1 aromatic heterocycles. The van der Waals surface area contributed by atoms with Crippen molar-refractivity contribution in [3.8, 4) is 11.4 Å². The van der Waals surface area contributed by atoms with Crippen LogP contribution in [0.15, 0.2) is 47.5 Å². The highest BCUT2D eigenvalue weighted by atomic mass is 35.5. The molecular weight excluding hydrogens is 412 g/mol. The van der Waals surface area contributed by atoms with E-state index in [9.17, 15) is 0 Å². The van der Waals surface area contributed by atoms with Crippen LogP contribution in [0, 0.1) is 6.92 Å². The summed E-state index contributed by atoms with van der Waals surface area (Å²) in [6.45, 7) is 5.61. The number of hydrogen-bond donors (Lipinski definition) is 1. The van der Waals surface area contributed by atoms with Crippen LogP contribution in [0.2, 0.25) is 5.02 Å². The van der Waals surface area contributed by atoms with E-state index in [-0.39, 0.29) is 0 Å². The summed E-state index contributed by atoms with van der Waals surface area (Å²) in [5.41, 5.74) is 2.94. The number of aryl methyl sites for hydroxylation is 1. The van der Waals surface area contributed by atoms with Gasteiger partial charge in [0.1, 0.15) is 11.6 Å². The topological polar surface area (TPSA) is 67.6 Å². The van der Waals surface area contributed by atoms with Gasteiger partial charge in [0, 0.05) is 29.2 Å². The van der Waals surface area contributed by atoms with Crippen LogP contribution in [0.3, 0.4) is 0 Å². The molecule has 8 heteroatoms. The average molecular weight is 439 g/mol. The molecule has 1 unspecified atom stereocenters. The second-order valence-corrected chi connectivity index (χ2v) is 8.50. The molecule has 4 rings (SSSR count). The molecule has 1 aliphatic heterocycles. The van der Waals surface area contributed by atoms with Gasteiger partial charge in [-0.2, -0.15) is 0 Å². The Labute approximate surface area is 187 Å². The number of likely N-dealkylation sites (N-methyl/N-ethyl adjacent to an activating group) is 1. The third kappa shape index (κ3) is 4.08. The molecule has 1 atom stereocenters. The van der Waals surface area contributed by atoms with E-state index in [2.05, 4.69) is 25.0 Å². The monoisotopic (exact) mass is 438 g/mol. The van der Waals surface area contributed by atoms with Crippen LogP contribution in [0.5, 0.6) is 5.75 Å². The highest BCUT2D eigenvalue weighted by molar-refractivity contribution is 6.30. The van der Waals surface area contributed by atoms with Crippen LogP contribution in [-0.2, 0) is 5.66 Å². The third-order valence-electron chi connectivity index (χ3n) is 5.44. The van der Waals surface area contributed by atoms with E-state index in [1.165, 1.54) is 0 Å². The largest absolute Gasteiger partial charge is 0.497 e. The van der Waals surface area contributed by atoms with Crippen LogP contribution in [0.1, 0.15) is 29.7 Å². The molecule has 0 bridgehead atoms. The van der Waals surface area contributed by atoms with Gasteiger partial charge in [-0.05, 0) is 58.3 Å². The summed E-state index contributed by atoms with van der Waals surface area (Å²) in [5.74, 6) is 2.31. The standard InChI is InChI=1S/C23H27ClN6O/c1-15-27-28-22-23(2,25-12-13-29(3)4)26-21(16-6-8-17(24)9-7-16)19-14-18(31-5)10-11-20(19)30(15)22/h6-11,14,25H,12-13H2,1-5H3. The van der Waals surface area contributed by atoms with Crippen LogP contribution < -0.4 is 10.1 Å². The smallest absolute Gasteiger partial charge is 0.180 e. The van der Waals surface area contributed by atoms with Crippen molar-refractivity contribution in [3.63, 3.8) is 0 Å². The lowest BCUT2D eigenvalue weighted by Gasteiger charge is -2.26. The van der Waals surface area contributed by atoms with E-state index in [4.69, 9.17) is 21.3 Å².